The van der Waals surface area contributed by atoms with Crippen molar-refractivity contribution < 1.29 is 38.7 Å². The Morgan fingerprint density at radius 1 is 1.08 bits per heavy atom. The average Bonchev–Trinajstić information content (AvgIpc) is 3.20. The van der Waals surface area contributed by atoms with Crippen molar-refractivity contribution in [3.05, 3.63) is 71.7 Å². The number of nitrogens with zero attached hydrogens (tertiary/aromatic N) is 4. The number of fused-ring (bicyclic) bond motifs is 1. The molecule has 5 rings (SSSR count). The van der Waals surface area contributed by atoms with Gasteiger partial charge in [0.1, 0.15) is 53.8 Å². The van der Waals surface area contributed by atoms with Gasteiger partial charge in [0.2, 0.25) is 11.9 Å². The minimum Gasteiger partial charge on any atom is -0.462 e. The number of aromatic nitrogens is 4. The summed E-state index contributed by atoms with van der Waals surface area (Å²) in [5, 5.41) is 43.6. The molecule has 0 radical (unpaired) electrons. The van der Waals surface area contributed by atoms with E-state index in [1.807, 2.05) is 0 Å². The van der Waals surface area contributed by atoms with E-state index >= 15 is 0 Å². The van der Waals surface area contributed by atoms with Crippen LogP contribution >= 0.6 is 0 Å². The second kappa shape index (κ2) is 9.95. The van der Waals surface area contributed by atoms with Crippen LogP contribution in [-0.4, -0.2) is 77.3 Å². The molecule has 1 fully saturated rings. The molecule has 1 aliphatic heterocycles. The molecule has 13 heteroatoms. The number of aromatic amines is 1. The van der Waals surface area contributed by atoms with Crippen LogP contribution in [0.25, 0.3) is 16.8 Å². The summed E-state index contributed by atoms with van der Waals surface area (Å²) < 4.78 is 40.2. The zero-order chi connectivity index (χ0) is 26.3. The van der Waals surface area contributed by atoms with Crippen LogP contribution in [0.2, 0.25) is 0 Å². The number of ether oxygens (including phenoxy) is 2. The Labute approximate surface area is 207 Å². The fourth-order valence-electron chi connectivity index (χ4n) is 4.09. The maximum atomic E-state index is 14.5. The summed E-state index contributed by atoms with van der Waals surface area (Å²) >= 11 is 0. The number of nitrogens with one attached hydrogen (secondary N) is 1. The molecule has 37 heavy (non-hydrogen) atoms. The Hall–Kier alpha value is -3.75. The molecule has 2 aromatic carbocycles. The standard InChI is InChI=1S/C24H23F2N5O6/c1-11-18(15-7-2-12(25)8-16(15)26)22-29-24(27-10-31(22)30-11)28-13-3-5-14(6-4-13)36-23-21(35)20(34)19(33)17(9-32)37-23/h2-8,10,17,19-21,23,32-35H,9H2,1H3,(H,28,29). The average molecular weight is 515 g/mol. The third-order valence-electron chi connectivity index (χ3n) is 5.98. The fraction of sp³-hybridized carbons (Fsp3) is 0.292. The number of hydrogen-bond acceptors (Lipinski definition) is 9. The van der Waals surface area contributed by atoms with Crippen molar-refractivity contribution in [2.24, 2.45) is 4.99 Å². The molecule has 1 aliphatic rings. The summed E-state index contributed by atoms with van der Waals surface area (Å²) in [6.45, 7) is 1.13. The highest BCUT2D eigenvalue weighted by molar-refractivity contribution is 5.79. The van der Waals surface area contributed by atoms with Gasteiger partial charge in [-0.2, -0.15) is 5.10 Å². The number of benzene rings is 2. The number of aryl methyl sites for hydroxylation is 1. The van der Waals surface area contributed by atoms with Crippen LogP contribution in [0.15, 0.2) is 53.8 Å². The summed E-state index contributed by atoms with van der Waals surface area (Å²) in [4.78, 5) is 11.6. The molecule has 11 nitrogen and oxygen atoms in total. The summed E-state index contributed by atoms with van der Waals surface area (Å²) in [5.74, 6) is -1.14. The maximum Gasteiger partial charge on any atom is 0.230 e. The Morgan fingerprint density at radius 3 is 2.54 bits per heavy atom. The highest BCUT2D eigenvalue weighted by Gasteiger charge is 2.44. The smallest absolute Gasteiger partial charge is 0.230 e. The lowest BCUT2D eigenvalue weighted by Gasteiger charge is -2.39. The second-order valence-electron chi connectivity index (χ2n) is 8.49. The molecule has 0 amide bonds. The molecule has 0 saturated carbocycles. The van der Waals surface area contributed by atoms with E-state index in [9.17, 15) is 29.2 Å². The van der Waals surface area contributed by atoms with Gasteiger partial charge in [0.05, 0.1) is 23.6 Å². The minimum atomic E-state index is -1.55. The maximum absolute atomic E-state index is 14.5. The highest BCUT2D eigenvalue weighted by Crippen LogP contribution is 2.29. The molecule has 0 bridgehead atoms. The van der Waals surface area contributed by atoms with Crippen molar-refractivity contribution in [3.63, 3.8) is 0 Å². The van der Waals surface area contributed by atoms with E-state index < -0.39 is 48.9 Å². The first-order chi connectivity index (χ1) is 17.7. The van der Waals surface area contributed by atoms with Crippen LogP contribution in [-0.2, 0) is 4.74 Å². The van der Waals surface area contributed by atoms with E-state index in [1.165, 1.54) is 23.0 Å². The summed E-state index contributed by atoms with van der Waals surface area (Å²) in [5.41, 5.74) is 2.21. The Bertz CT molecular complexity index is 1490. The zero-order valence-electron chi connectivity index (χ0n) is 19.4. The van der Waals surface area contributed by atoms with Crippen molar-refractivity contribution >= 4 is 11.3 Å². The Kier molecular flexibility index (Phi) is 6.70. The number of halogens is 2. The molecule has 2 aromatic heterocycles. The van der Waals surface area contributed by atoms with Gasteiger partial charge in [-0.3, -0.25) is 0 Å². The SMILES string of the molecule is Cc1nn2cn/c(=N\c3ccc(OC4OC(CO)C(O)C(O)C4O)cc3)[nH]c2c1-c1ccc(F)cc1F. The van der Waals surface area contributed by atoms with Gasteiger partial charge in [0.25, 0.3) is 0 Å². The third-order valence-corrected chi connectivity index (χ3v) is 5.98. The molecule has 5 N–H and O–H groups in total. The van der Waals surface area contributed by atoms with Crippen LogP contribution in [0, 0.1) is 18.6 Å². The van der Waals surface area contributed by atoms with Gasteiger partial charge in [-0.15, -0.1) is 0 Å². The molecule has 0 spiro atoms. The molecule has 4 aromatic rings. The molecule has 194 valence electrons. The van der Waals surface area contributed by atoms with Crippen molar-refractivity contribution in [1.82, 2.24) is 19.6 Å². The number of aliphatic hydroxyl groups is 4. The lowest BCUT2D eigenvalue weighted by Crippen LogP contribution is -2.60. The van der Waals surface area contributed by atoms with Gasteiger partial charge in [-0.25, -0.2) is 23.3 Å². The Morgan fingerprint density at radius 2 is 1.84 bits per heavy atom. The predicted octanol–water partition coefficient (Wildman–Crippen LogP) is 0.722. The number of hydrogen-bond donors (Lipinski definition) is 5. The van der Waals surface area contributed by atoms with Crippen LogP contribution in [0.4, 0.5) is 14.5 Å². The van der Waals surface area contributed by atoms with Crippen molar-refractivity contribution in [2.45, 2.75) is 37.6 Å². The summed E-state index contributed by atoms with van der Waals surface area (Å²) in [6, 6.07) is 9.60. The van der Waals surface area contributed by atoms with Gasteiger partial charge < -0.3 is 34.9 Å². The normalized spacial score (nSPS) is 24.5. The van der Waals surface area contributed by atoms with E-state index in [1.54, 1.807) is 31.2 Å². The van der Waals surface area contributed by atoms with Crippen molar-refractivity contribution in [3.8, 4) is 16.9 Å². The van der Waals surface area contributed by atoms with Crippen molar-refractivity contribution in [2.75, 3.05) is 6.61 Å². The van der Waals surface area contributed by atoms with Crippen LogP contribution in [0.5, 0.6) is 5.75 Å². The second-order valence-corrected chi connectivity index (χ2v) is 8.49. The third kappa shape index (κ3) is 4.82. The van der Waals surface area contributed by atoms with Crippen LogP contribution in [0.3, 0.4) is 0 Å². The van der Waals surface area contributed by atoms with Crippen LogP contribution in [0.1, 0.15) is 5.69 Å². The van der Waals surface area contributed by atoms with E-state index in [0.717, 1.165) is 6.07 Å². The van der Waals surface area contributed by atoms with Gasteiger partial charge >= 0.3 is 0 Å². The van der Waals surface area contributed by atoms with Gasteiger partial charge in [-0.05, 0) is 43.3 Å². The lowest BCUT2D eigenvalue weighted by atomic mass is 9.99. The summed E-state index contributed by atoms with van der Waals surface area (Å²) in [6.07, 6.45) is -5.56. The lowest BCUT2D eigenvalue weighted by molar-refractivity contribution is -0.277. The molecule has 3 heterocycles. The molecule has 5 unspecified atom stereocenters. The largest absolute Gasteiger partial charge is 0.462 e. The molecular weight excluding hydrogens is 492 g/mol. The molecule has 5 atom stereocenters. The predicted molar refractivity (Wildman–Crippen MR) is 123 cm³/mol. The number of aliphatic hydroxyl groups excluding tert-OH is 4. The van der Waals surface area contributed by atoms with Crippen molar-refractivity contribution in [1.29, 1.82) is 0 Å². The van der Waals surface area contributed by atoms with Gasteiger partial charge in [0.15, 0.2) is 0 Å². The first-order valence-corrected chi connectivity index (χ1v) is 11.3. The zero-order valence-corrected chi connectivity index (χ0v) is 19.4. The van der Waals surface area contributed by atoms with Gasteiger partial charge in [-0.1, -0.05) is 0 Å². The molecular formula is C24H23F2N5O6. The topological polar surface area (TPSA) is 158 Å². The molecule has 0 aliphatic carbocycles. The number of H-pyrrole nitrogens is 1. The first-order valence-electron chi connectivity index (χ1n) is 11.3. The van der Waals surface area contributed by atoms with E-state index in [0.29, 0.717) is 22.6 Å². The van der Waals surface area contributed by atoms with E-state index in [2.05, 4.69) is 20.1 Å². The molecule has 1 saturated heterocycles. The highest BCUT2D eigenvalue weighted by atomic mass is 19.1. The van der Waals surface area contributed by atoms with Gasteiger partial charge in [0, 0.05) is 11.6 Å². The first kappa shape index (κ1) is 24.9. The monoisotopic (exact) mass is 515 g/mol. The van der Waals surface area contributed by atoms with E-state index in [4.69, 9.17) is 9.47 Å². The van der Waals surface area contributed by atoms with E-state index in [-0.39, 0.29) is 16.9 Å². The summed E-state index contributed by atoms with van der Waals surface area (Å²) in [7, 11) is 0. The quantitative estimate of drug-likeness (QED) is 0.260. The minimum absolute atomic E-state index is 0.178. The Balaban J connectivity index is 1.41. The number of rotatable bonds is 5. The van der Waals surface area contributed by atoms with Crippen LogP contribution < -0.4 is 10.4 Å². The fourth-order valence-corrected chi connectivity index (χ4v) is 4.09.